The van der Waals surface area contributed by atoms with E-state index < -0.39 is 5.69 Å². The van der Waals surface area contributed by atoms with Crippen LogP contribution in [0.25, 0.3) is 0 Å². The van der Waals surface area contributed by atoms with Gasteiger partial charge in [-0.1, -0.05) is 30.9 Å². The monoisotopic (exact) mass is 256 g/mol. The highest BCUT2D eigenvalue weighted by atomic mass is 35.5. The van der Waals surface area contributed by atoms with E-state index in [0.717, 1.165) is 25.7 Å². The fourth-order valence-corrected chi connectivity index (χ4v) is 2.79. The van der Waals surface area contributed by atoms with Crippen LogP contribution in [0.15, 0.2) is 9.59 Å². The average Bonchev–Trinajstić information content (AvgIpc) is 2.26. The Balaban J connectivity index is 2.63. The Morgan fingerprint density at radius 2 is 1.82 bits per heavy atom. The normalized spacial score (nSPS) is 19.2. The quantitative estimate of drug-likeness (QED) is 0.783. The molecule has 0 unspecified atom stereocenters. The first-order valence-electron chi connectivity index (χ1n) is 5.98. The van der Waals surface area contributed by atoms with E-state index in [1.165, 1.54) is 11.0 Å². The highest BCUT2D eigenvalue weighted by Gasteiger charge is 2.32. The third-order valence-corrected chi connectivity index (χ3v) is 4.12. The number of nitrogens with zero attached hydrogens (tertiary/aromatic N) is 1. The van der Waals surface area contributed by atoms with Gasteiger partial charge in [-0.05, 0) is 26.7 Å². The maximum atomic E-state index is 12.2. The van der Waals surface area contributed by atoms with Crippen molar-refractivity contribution in [2.24, 2.45) is 0 Å². The summed E-state index contributed by atoms with van der Waals surface area (Å²) in [5.41, 5.74) is -0.602. The molecule has 1 N–H and O–H groups in total. The molecule has 0 bridgehead atoms. The molecule has 1 fully saturated rings. The van der Waals surface area contributed by atoms with Crippen LogP contribution in [0.4, 0.5) is 0 Å². The molecule has 5 heteroatoms. The number of H-pyrrole nitrogens is 1. The molecule has 1 aliphatic carbocycles. The van der Waals surface area contributed by atoms with Crippen LogP contribution in [0.5, 0.6) is 0 Å². The van der Waals surface area contributed by atoms with E-state index in [-0.39, 0.29) is 16.3 Å². The van der Waals surface area contributed by atoms with E-state index in [1.54, 1.807) is 6.92 Å². The SMILES string of the molecule is Cc1c(Cl)[nH]c(=O)n(C2(C)CCCCC2)c1=O. The van der Waals surface area contributed by atoms with Gasteiger partial charge in [0.05, 0.1) is 0 Å². The predicted molar refractivity (Wildman–Crippen MR) is 67.8 cm³/mol. The Kier molecular flexibility index (Phi) is 3.17. The third kappa shape index (κ3) is 2.06. The van der Waals surface area contributed by atoms with Gasteiger partial charge in [0.15, 0.2) is 0 Å². The average molecular weight is 257 g/mol. The maximum Gasteiger partial charge on any atom is 0.330 e. The lowest BCUT2D eigenvalue weighted by Crippen LogP contribution is -2.49. The summed E-state index contributed by atoms with van der Waals surface area (Å²) >= 11 is 5.81. The zero-order valence-corrected chi connectivity index (χ0v) is 10.9. The number of halogens is 1. The van der Waals surface area contributed by atoms with E-state index in [2.05, 4.69) is 4.98 Å². The van der Waals surface area contributed by atoms with Gasteiger partial charge < -0.3 is 0 Å². The fraction of sp³-hybridized carbons (Fsp3) is 0.667. The van der Waals surface area contributed by atoms with Crippen LogP contribution >= 0.6 is 11.6 Å². The van der Waals surface area contributed by atoms with E-state index in [4.69, 9.17) is 11.6 Å². The Morgan fingerprint density at radius 1 is 1.24 bits per heavy atom. The lowest BCUT2D eigenvalue weighted by Gasteiger charge is -2.34. The first-order chi connectivity index (χ1) is 7.96. The molecular weight excluding hydrogens is 240 g/mol. The van der Waals surface area contributed by atoms with Crippen molar-refractivity contribution in [2.75, 3.05) is 0 Å². The second-order valence-corrected chi connectivity index (χ2v) is 5.45. The van der Waals surface area contributed by atoms with Gasteiger partial charge >= 0.3 is 5.69 Å². The molecule has 1 aromatic heterocycles. The Bertz CT molecular complexity index is 538. The molecule has 0 radical (unpaired) electrons. The van der Waals surface area contributed by atoms with Crippen molar-refractivity contribution in [2.45, 2.75) is 51.5 Å². The second-order valence-electron chi connectivity index (χ2n) is 5.07. The van der Waals surface area contributed by atoms with Crippen LogP contribution in [0, 0.1) is 6.92 Å². The number of aromatic amines is 1. The number of aromatic nitrogens is 2. The van der Waals surface area contributed by atoms with Gasteiger partial charge in [0.2, 0.25) is 0 Å². The van der Waals surface area contributed by atoms with Gasteiger partial charge in [0.1, 0.15) is 5.15 Å². The molecule has 1 heterocycles. The Labute approximate surface area is 105 Å². The zero-order chi connectivity index (χ0) is 12.6. The molecule has 0 spiro atoms. The molecule has 1 aromatic rings. The smallest absolute Gasteiger partial charge is 0.297 e. The van der Waals surface area contributed by atoms with E-state index in [9.17, 15) is 9.59 Å². The Hall–Kier alpha value is -1.03. The standard InChI is InChI=1S/C12H17ClN2O2/c1-8-9(13)14-11(17)15(10(8)16)12(2)6-4-3-5-7-12/h3-7H2,1-2H3,(H,14,17). The molecule has 1 saturated carbocycles. The van der Waals surface area contributed by atoms with Crippen molar-refractivity contribution in [3.63, 3.8) is 0 Å². The van der Waals surface area contributed by atoms with Crippen molar-refractivity contribution in [3.05, 3.63) is 31.6 Å². The molecule has 2 rings (SSSR count). The largest absolute Gasteiger partial charge is 0.330 e. The lowest BCUT2D eigenvalue weighted by atomic mass is 9.83. The topological polar surface area (TPSA) is 54.9 Å². The number of rotatable bonds is 1. The lowest BCUT2D eigenvalue weighted by molar-refractivity contribution is 0.204. The highest BCUT2D eigenvalue weighted by Crippen LogP contribution is 2.32. The van der Waals surface area contributed by atoms with Crippen molar-refractivity contribution in [1.29, 1.82) is 0 Å². The molecule has 0 aliphatic heterocycles. The van der Waals surface area contributed by atoms with Gasteiger partial charge in [0, 0.05) is 11.1 Å². The van der Waals surface area contributed by atoms with Crippen LogP contribution in [0.2, 0.25) is 5.15 Å². The minimum Gasteiger partial charge on any atom is -0.297 e. The van der Waals surface area contributed by atoms with Crippen LogP contribution in [0.3, 0.4) is 0 Å². The first-order valence-corrected chi connectivity index (χ1v) is 6.35. The van der Waals surface area contributed by atoms with Crippen molar-refractivity contribution >= 4 is 11.6 Å². The first kappa shape index (κ1) is 12.4. The predicted octanol–water partition coefficient (Wildman–Crippen LogP) is 2.18. The van der Waals surface area contributed by atoms with Gasteiger partial charge in [0.25, 0.3) is 5.56 Å². The minimum atomic E-state index is -0.394. The van der Waals surface area contributed by atoms with Crippen LogP contribution in [0.1, 0.15) is 44.6 Å². The molecule has 0 atom stereocenters. The summed E-state index contributed by atoms with van der Waals surface area (Å²) in [6.07, 6.45) is 5.04. The van der Waals surface area contributed by atoms with Gasteiger partial charge in [-0.3, -0.25) is 14.3 Å². The third-order valence-electron chi connectivity index (χ3n) is 3.74. The van der Waals surface area contributed by atoms with Crippen LogP contribution < -0.4 is 11.2 Å². The molecule has 17 heavy (non-hydrogen) atoms. The van der Waals surface area contributed by atoms with E-state index in [0.29, 0.717) is 5.56 Å². The summed E-state index contributed by atoms with van der Waals surface area (Å²) in [6.45, 7) is 3.62. The molecule has 0 amide bonds. The van der Waals surface area contributed by atoms with Crippen molar-refractivity contribution in [3.8, 4) is 0 Å². The van der Waals surface area contributed by atoms with E-state index >= 15 is 0 Å². The maximum absolute atomic E-state index is 12.2. The molecule has 1 aliphatic rings. The summed E-state index contributed by atoms with van der Waals surface area (Å²) in [5.74, 6) is 0. The van der Waals surface area contributed by atoms with Gasteiger partial charge in [-0.15, -0.1) is 0 Å². The molecule has 0 saturated heterocycles. The van der Waals surface area contributed by atoms with Crippen LogP contribution in [-0.4, -0.2) is 9.55 Å². The summed E-state index contributed by atoms with van der Waals surface area (Å²) < 4.78 is 1.35. The van der Waals surface area contributed by atoms with Crippen LogP contribution in [-0.2, 0) is 5.54 Å². The molecule has 4 nitrogen and oxygen atoms in total. The summed E-state index contributed by atoms with van der Waals surface area (Å²) in [7, 11) is 0. The zero-order valence-electron chi connectivity index (χ0n) is 10.2. The van der Waals surface area contributed by atoms with Gasteiger partial charge in [-0.2, -0.15) is 0 Å². The summed E-state index contributed by atoms with van der Waals surface area (Å²) in [5, 5.41) is 0.149. The minimum absolute atomic E-state index is 0.149. The summed E-state index contributed by atoms with van der Waals surface area (Å²) in [4.78, 5) is 26.7. The second kappa shape index (κ2) is 4.33. The fourth-order valence-electron chi connectivity index (χ4n) is 2.62. The van der Waals surface area contributed by atoms with Crippen molar-refractivity contribution < 1.29 is 0 Å². The number of hydrogen-bond acceptors (Lipinski definition) is 2. The summed E-state index contributed by atoms with van der Waals surface area (Å²) in [6, 6.07) is 0. The molecular formula is C12H17ClN2O2. The highest BCUT2D eigenvalue weighted by molar-refractivity contribution is 6.30. The van der Waals surface area contributed by atoms with Crippen molar-refractivity contribution in [1.82, 2.24) is 9.55 Å². The number of hydrogen-bond donors (Lipinski definition) is 1. The molecule has 0 aromatic carbocycles. The van der Waals surface area contributed by atoms with Gasteiger partial charge in [-0.25, -0.2) is 4.79 Å². The Morgan fingerprint density at radius 3 is 2.41 bits per heavy atom. The number of nitrogens with one attached hydrogen (secondary N) is 1. The van der Waals surface area contributed by atoms with E-state index in [1.807, 2.05) is 6.92 Å². The molecule has 94 valence electrons.